The minimum absolute atomic E-state index is 0.649. The summed E-state index contributed by atoms with van der Waals surface area (Å²) in [5.74, 6) is 0.649. The predicted octanol–water partition coefficient (Wildman–Crippen LogP) is 1.14. The van der Waals surface area contributed by atoms with Gasteiger partial charge in [-0.05, 0) is 24.5 Å². The molecule has 3 rings (SSSR count). The Morgan fingerprint density at radius 1 is 1.31 bits per heavy atom. The molecule has 3 nitrogen and oxygen atoms in total. The minimum atomic E-state index is 0.649. The second-order valence-corrected chi connectivity index (χ2v) is 3.98. The van der Waals surface area contributed by atoms with Crippen LogP contribution >= 0.6 is 0 Å². The normalized spacial score (nSPS) is 21.8. The van der Waals surface area contributed by atoms with Crippen LogP contribution in [-0.2, 0) is 13.1 Å². The van der Waals surface area contributed by atoms with Crippen molar-refractivity contribution in [1.29, 1.82) is 0 Å². The number of pyridine rings is 1. The molecule has 13 heavy (non-hydrogen) atoms. The van der Waals surface area contributed by atoms with Crippen LogP contribution in [0.5, 0.6) is 0 Å². The highest BCUT2D eigenvalue weighted by Gasteiger charge is 2.33. The molecule has 0 atom stereocenters. The lowest BCUT2D eigenvalue weighted by atomic mass is 10.2. The first kappa shape index (κ1) is 7.33. The zero-order valence-electron chi connectivity index (χ0n) is 7.53. The third kappa shape index (κ3) is 1.20. The molecule has 0 saturated heterocycles. The fraction of sp³-hybridized carbons (Fsp3) is 0.500. The van der Waals surface area contributed by atoms with Crippen molar-refractivity contribution in [2.24, 2.45) is 0 Å². The van der Waals surface area contributed by atoms with Crippen LogP contribution in [0.15, 0.2) is 12.1 Å². The van der Waals surface area contributed by atoms with E-state index in [1.54, 1.807) is 0 Å². The molecule has 0 spiro atoms. The van der Waals surface area contributed by atoms with Crippen molar-refractivity contribution in [2.75, 3.05) is 5.73 Å². The molecule has 1 aromatic heterocycles. The third-order valence-electron chi connectivity index (χ3n) is 2.88. The zero-order valence-corrected chi connectivity index (χ0v) is 7.53. The minimum Gasteiger partial charge on any atom is -0.384 e. The van der Waals surface area contributed by atoms with Gasteiger partial charge in [0.05, 0.1) is 5.69 Å². The van der Waals surface area contributed by atoms with Crippen LogP contribution in [0.3, 0.4) is 0 Å². The van der Waals surface area contributed by atoms with Gasteiger partial charge in [-0.15, -0.1) is 0 Å². The highest BCUT2D eigenvalue weighted by molar-refractivity contribution is 5.36. The number of nitrogens with two attached hydrogens (primary N) is 1. The van der Waals surface area contributed by atoms with Gasteiger partial charge in [0.15, 0.2) is 0 Å². The van der Waals surface area contributed by atoms with Gasteiger partial charge < -0.3 is 5.73 Å². The van der Waals surface area contributed by atoms with Gasteiger partial charge in [-0.2, -0.15) is 0 Å². The Morgan fingerprint density at radius 2 is 2.15 bits per heavy atom. The van der Waals surface area contributed by atoms with E-state index in [0.717, 1.165) is 19.1 Å². The fourth-order valence-corrected chi connectivity index (χ4v) is 1.99. The van der Waals surface area contributed by atoms with E-state index in [4.69, 9.17) is 5.73 Å². The summed E-state index contributed by atoms with van der Waals surface area (Å²) in [6.07, 6.45) is 2.73. The summed E-state index contributed by atoms with van der Waals surface area (Å²) in [5, 5.41) is 0. The summed E-state index contributed by atoms with van der Waals surface area (Å²) < 4.78 is 0. The topological polar surface area (TPSA) is 42.1 Å². The Balaban J connectivity index is 1.90. The standard InChI is InChI=1S/C10H13N3/c11-10-4-1-7-5-13(8-2-3-8)6-9(7)12-10/h1,4,8H,2-3,5-6H2,(H2,11,12). The molecule has 1 fully saturated rings. The van der Waals surface area contributed by atoms with Crippen LogP contribution in [0.1, 0.15) is 24.1 Å². The van der Waals surface area contributed by atoms with E-state index < -0.39 is 0 Å². The molecule has 2 aliphatic rings. The van der Waals surface area contributed by atoms with Crippen LogP contribution in [0.25, 0.3) is 0 Å². The molecule has 2 heterocycles. The SMILES string of the molecule is Nc1ccc2c(n1)CN(C1CC1)C2. The highest BCUT2D eigenvalue weighted by Crippen LogP contribution is 2.33. The Morgan fingerprint density at radius 3 is 2.92 bits per heavy atom. The smallest absolute Gasteiger partial charge is 0.123 e. The fourth-order valence-electron chi connectivity index (χ4n) is 1.99. The molecule has 1 aliphatic heterocycles. The van der Waals surface area contributed by atoms with Crippen molar-refractivity contribution in [3.8, 4) is 0 Å². The van der Waals surface area contributed by atoms with Gasteiger partial charge >= 0.3 is 0 Å². The molecule has 68 valence electrons. The Kier molecular flexibility index (Phi) is 1.38. The van der Waals surface area contributed by atoms with Gasteiger partial charge in [0.1, 0.15) is 5.82 Å². The molecule has 1 aliphatic carbocycles. The van der Waals surface area contributed by atoms with Crippen molar-refractivity contribution in [3.63, 3.8) is 0 Å². The number of anilines is 1. The third-order valence-corrected chi connectivity index (χ3v) is 2.88. The lowest BCUT2D eigenvalue weighted by molar-refractivity contribution is 0.272. The van der Waals surface area contributed by atoms with Crippen LogP contribution in [0.4, 0.5) is 5.82 Å². The Labute approximate surface area is 77.6 Å². The molecule has 2 N–H and O–H groups in total. The average Bonchev–Trinajstić information content (AvgIpc) is 2.87. The summed E-state index contributed by atoms with van der Waals surface area (Å²) in [4.78, 5) is 6.85. The summed E-state index contributed by atoms with van der Waals surface area (Å²) in [5.41, 5.74) is 8.19. The molecule has 1 aromatic rings. The lowest BCUT2D eigenvalue weighted by Crippen LogP contribution is -2.18. The number of nitrogen functional groups attached to an aromatic ring is 1. The first-order valence-electron chi connectivity index (χ1n) is 4.81. The molecule has 0 radical (unpaired) electrons. The van der Waals surface area contributed by atoms with E-state index in [0.29, 0.717) is 5.82 Å². The maximum absolute atomic E-state index is 5.64. The first-order chi connectivity index (χ1) is 6.33. The molecule has 0 unspecified atom stereocenters. The molecule has 1 saturated carbocycles. The van der Waals surface area contributed by atoms with Gasteiger partial charge in [0, 0.05) is 19.1 Å². The number of hydrogen-bond donors (Lipinski definition) is 1. The largest absolute Gasteiger partial charge is 0.384 e. The number of hydrogen-bond acceptors (Lipinski definition) is 3. The number of rotatable bonds is 1. The zero-order chi connectivity index (χ0) is 8.84. The molecule has 3 heteroatoms. The van der Waals surface area contributed by atoms with E-state index in [1.807, 2.05) is 6.07 Å². The summed E-state index contributed by atoms with van der Waals surface area (Å²) in [6, 6.07) is 4.84. The van der Waals surface area contributed by atoms with E-state index in [2.05, 4.69) is 16.0 Å². The average molecular weight is 175 g/mol. The van der Waals surface area contributed by atoms with E-state index >= 15 is 0 Å². The van der Waals surface area contributed by atoms with Crippen molar-refractivity contribution in [2.45, 2.75) is 32.0 Å². The van der Waals surface area contributed by atoms with Gasteiger partial charge in [0.2, 0.25) is 0 Å². The predicted molar refractivity (Wildman–Crippen MR) is 50.9 cm³/mol. The van der Waals surface area contributed by atoms with Crippen LogP contribution in [-0.4, -0.2) is 15.9 Å². The molecule has 0 bridgehead atoms. The Hall–Kier alpha value is -1.09. The first-order valence-corrected chi connectivity index (χ1v) is 4.81. The van der Waals surface area contributed by atoms with Crippen LogP contribution < -0.4 is 5.73 Å². The number of fused-ring (bicyclic) bond motifs is 1. The maximum Gasteiger partial charge on any atom is 0.123 e. The Bertz CT molecular complexity index is 344. The second-order valence-electron chi connectivity index (χ2n) is 3.98. The van der Waals surface area contributed by atoms with E-state index in [1.165, 1.54) is 24.1 Å². The summed E-state index contributed by atoms with van der Waals surface area (Å²) in [7, 11) is 0. The van der Waals surface area contributed by atoms with E-state index in [9.17, 15) is 0 Å². The van der Waals surface area contributed by atoms with Gasteiger partial charge in [-0.3, -0.25) is 4.90 Å². The monoisotopic (exact) mass is 175 g/mol. The highest BCUT2D eigenvalue weighted by atomic mass is 15.2. The van der Waals surface area contributed by atoms with Gasteiger partial charge in [-0.25, -0.2) is 4.98 Å². The maximum atomic E-state index is 5.64. The molecular formula is C10H13N3. The van der Waals surface area contributed by atoms with Crippen molar-refractivity contribution in [1.82, 2.24) is 9.88 Å². The summed E-state index contributed by atoms with van der Waals surface area (Å²) >= 11 is 0. The van der Waals surface area contributed by atoms with Crippen LogP contribution in [0.2, 0.25) is 0 Å². The van der Waals surface area contributed by atoms with Gasteiger partial charge in [0.25, 0.3) is 0 Å². The molecular weight excluding hydrogens is 162 g/mol. The summed E-state index contributed by atoms with van der Waals surface area (Å²) in [6.45, 7) is 2.08. The van der Waals surface area contributed by atoms with Crippen molar-refractivity contribution in [3.05, 3.63) is 23.4 Å². The number of aromatic nitrogens is 1. The van der Waals surface area contributed by atoms with Gasteiger partial charge in [-0.1, -0.05) is 6.07 Å². The van der Waals surface area contributed by atoms with Crippen LogP contribution in [0, 0.1) is 0 Å². The van der Waals surface area contributed by atoms with Crippen molar-refractivity contribution >= 4 is 5.82 Å². The molecule has 0 aromatic carbocycles. The number of nitrogens with zero attached hydrogens (tertiary/aromatic N) is 2. The molecule has 0 amide bonds. The van der Waals surface area contributed by atoms with Crippen molar-refractivity contribution < 1.29 is 0 Å². The van der Waals surface area contributed by atoms with E-state index in [-0.39, 0.29) is 0 Å². The lowest BCUT2D eigenvalue weighted by Gasteiger charge is -2.11. The second kappa shape index (κ2) is 2.45. The quantitative estimate of drug-likeness (QED) is 0.696.